The van der Waals surface area contributed by atoms with E-state index in [1.54, 1.807) is 30.1 Å². The van der Waals surface area contributed by atoms with E-state index >= 15 is 0 Å². The van der Waals surface area contributed by atoms with Crippen LogP contribution in [0.4, 0.5) is 17.3 Å². The summed E-state index contributed by atoms with van der Waals surface area (Å²) in [6.07, 6.45) is 5.95. The Bertz CT molecular complexity index is 1620. The van der Waals surface area contributed by atoms with E-state index in [0.29, 0.717) is 48.6 Å². The Morgan fingerprint density at radius 1 is 1.13 bits per heavy atom. The molecule has 39 heavy (non-hydrogen) atoms. The molecule has 1 aliphatic heterocycles. The summed E-state index contributed by atoms with van der Waals surface area (Å²) in [4.78, 5) is 15.9. The number of aromatic nitrogens is 5. The number of hydrogen-bond donors (Lipinski definition) is 2. The summed E-state index contributed by atoms with van der Waals surface area (Å²) in [7, 11) is -2.99. The molecule has 0 saturated carbocycles. The number of nitrogens with one attached hydrogen (secondary N) is 1. The fourth-order valence-corrected chi connectivity index (χ4v) is 6.29. The number of hydrogen-bond acceptors (Lipinski definition) is 9. The second-order valence-electron chi connectivity index (χ2n) is 10.6. The molecule has 0 radical (unpaired) electrons. The first kappa shape index (κ1) is 27.3. The van der Waals surface area contributed by atoms with Crippen LogP contribution in [-0.4, -0.2) is 69.5 Å². The average Bonchev–Trinajstić information content (AvgIpc) is 3.19. The van der Waals surface area contributed by atoms with Crippen LogP contribution in [0.2, 0.25) is 5.15 Å². The van der Waals surface area contributed by atoms with E-state index in [9.17, 15) is 13.5 Å². The monoisotopic (exact) mass is 569 g/mol. The topological polar surface area (TPSA) is 126 Å². The molecular formula is C27H32ClN7O3S. The zero-order chi connectivity index (χ0) is 27.9. The molecule has 1 aromatic carbocycles. The Kier molecular flexibility index (Phi) is 7.49. The first-order valence-corrected chi connectivity index (χ1v) is 15.3. The maximum atomic E-state index is 11.7. The van der Waals surface area contributed by atoms with Crippen LogP contribution >= 0.6 is 11.6 Å². The first-order valence-electron chi connectivity index (χ1n) is 12.8. The Balaban J connectivity index is 1.42. The van der Waals surface area contributed by atoms with Crippen molar-refractivity contribution in [1.82, 2.24) is 24.7 Å². The molecule has 206 valence electrons. The lowest BCUT2D eigenvalue weighted by Gasteiger charge is -2.41. The van der Waals surface area contributed by atoms with Gasteiger partial charge in [0.25, 0.3) is 0 Å². The van der Waals surface area contributed by atoms with Crippen LogP contribution in [0, 0.1) is 5.92 Å². The van der Waals surface area contributed by atoms with E-state index in [-0.39, 0.29) is 16.8 Å². The van der Waals surface area contributed by atoms with Gasteiger partial charge in [-0.05, 0) is 42.0 Å². The van der Waals surface area contributed by atoms with Gasteiger partial charge in [-0.3, -0.25) is 4.68 Å². The molecule has 4 aromatic rings. The predicted octanol–water partition coefficient (Wildman–Crippen LogP) is 4.27. The molecule has 10 nitrogen and oxygen atoms in total. The van der Waals surface area contributed by atoms with Crippen molar-refractivity contribution < 1.29 is 13.5 Å². The highest BCUT2D eigenvalue weighted by Gasteiger charge is 2.31. The van der Waals surface area contributed by atoms with Gasteiger partial charge in [-0.2, -0.15) is 5.10 Å². The highest BCUT2D eigenvalue weighted by molar-refractivity contribution is 7.90. The fraction of sp³-hybridized carbons (Fsp3) is 0.407. The Hall–Kier alpha value is -3.28. The second-order valence-corrected chi connectivity index (χ2v) is 13.1. The van der Waals surface area contributed by atoms with Crippen LogP contribution in [0.3, 0.4) is 0 Å². The standard InChI is InChI=1S/C27H32ClN7O3S/c1-16(2)19-5-6-23(34-12-18(13-34)15-39(4,37)38)21-10-30-25(9-20(19)21)31-24-7-8-29-27(32-24)22-14-35(11-17(3)36)33-26(22)28/h5-10,14,16-18,36H,11-13,15H2,1-4H3,(H,29,30,31,32). The fourth-order valence-electron chi connectivity index (χ4n) is 5.00. The Morgan fingerprint density at radius 2 is 1.90 bits per heavy atom. The Morgan fingerprint density at radius 3 is 2.59 bits per heavy atom. The average molecular weight is 570 g/mol. The molecule has 5 rings (SSSR count). The number of aliphatic hydroxyl groups is 1. The van der Waals surface area contributed by atoms with Gasteiger partial charge in [0.05, 0.1) is 24.0 Å². The minimum atomic E-state index is -2.99. The highest BCUT2D eigenvalue weighted by atomic mass is 35.5. The van der Waals surface area contributed by atoms with Gasteiger partial charge in [-0.15, -0.1) is 0 Å². The number of benzene rings is 1. The molecule has 12 heteroatoms. The van der Waals surface area contributed by atoms with Gasteiger partial charge in [0, 0.05) is 54.9 Å². The van der Waals surface area contributed by atoms with Crippen LogP contribution in [0.25, 0.3) is 22.2 Å². The minimum absolute atomic E-state index is 0.147. The summed E-state index contributed by atoms with van der Waals surface area (Å²) >= 11 is 6.33. The molecule has 3 aromatic heterocycles. The molecule has 0 bridgehead atoms. The number of pyridine rings is 1. The lowest BCUT2D eigenvalue weighted by atomic mass is 9.93. The van der Waals surface area contributed by atoms with Crippen molar-refractivity contribution in [2.75, 3.05) is 35.3 Å². The summed E-state index contributed by atoms with van der Waals surface area (Å²) < 4.78 is 25.0. The van der Waals surface area contributed by atoms with E-state index in [0.717, 1.165) is 16.5 Å². The zero-order valence-electron chi connectivity index (χ0n) is 22.3. The summed E-state index contributed by atoms with van der Waals surface area (Å²) in [5.74, 6) is 2.27. The van der Waals surface area contributed by atoms with Crippen molar-refractivity contribution in [2.45, 2.75) is 39.3 Å². The lowest BCUT2D eigenvalue weighted by molar-refractivity contribution is 0.168. The van der Waals surface area contributed by atoms with Gasteiger partial charge < -0.3 is 15.3 Å². The molecule has 2 N–H and O–H groups in total. The number of sulfone groups is 1. The number of aliphatic hydroxyl groups excluding tert-OH is 1. The molecule has 1 unspecified atom stereocenters. The van der Waals surface area contributed by atoms with Crippen LogP contribution in [0.1, 0.15) is 32.3 Å². The maximum absolute atomic E-state index is 11.7. The van der Waals surface area contributed by atoms with E-state index in [2.05, 4.69) is 56.2 Å². The summed E-state index contributed by atoms with van der Waals surface area (Å²) in [5, 5.41) is 19.6. The van der Waals surface area contributed by atoms with Crippen molar-refractivity contribution in [1.29, 1.82) is 0 Å². The van der Waals surface area contributed by atoms with E-state index in [4.69, 9.17) is 11.6 Å². The van der Waals surface area contributed by atoms with Crippen LogP contribution in [-0.2, 0) is 16.4 Å². The SMILES string of the molecule is CC(O)Cn1cc(-c2nccc(Nc3cc4c(C(C)C)ccc(N5CC(CS(C)(=O)=O)C5)c4cn3)n2)c(Cl)n1. The van der Waals surface area contributed by atoms with Gasteiger partial charge in [0.15, 0.2) is 11.0 Å². The normalized spacial score (nSPS) is 15.1. The number of nitrogens with zero attached hydrogens (tertiary/aromatic N) is 6. The maximum Gasteiger partial charge on any atom is 0.166 e. The molecular weight excluding hydrogens is 538 g/mol. The zero-order valence-corrected chi connectivity index (χ0v) is 23.9. The number of anilines is 3. The van der Waals surface area contributed by atoms with E-state index in [1.807, 2.05) is 12.3 Å². The van der Waals surface area contributed by atoms with Crippen molar-refractivity contribution >= 4 is 49.5 Å². The molecule has 0 amide bonds. The number of fused-ring (bicyclic) bond motifs is 1. The molecule has 1 saturated heterocycles. The van der Waals surface area contributed by atoms with Crippen molar-refractivity contribution in [3.05, 3.63) is 53.6 Å². The van der Waals surface area contributed by atoms with Gasteiger partial charge in [-0.25, -0.2) is 23.4 Å². The van der Waals surface area contributed by atoms with Gasteiger partial charge in [0.2, 0.25) is 0 Å². The molecule has 1 atom stereocenters. The third-order valence-corrected chi connectivity index (χ3v) is 8.05. The number of rotatable bonds is 9. The third kappa shape index (κ3) is 6.15. The molecule has 1 aliphatic rings. The molecule has 1 fully saturated rings. The van der Waals surface area contributed by atoms with E-state index < -0.39 is 15.9 Å². The minimum Gasteiger partial charge on any atom is -0.391 e. The van der Waals surface area contributed by atoms with Crippen LogP contribution in [0.5, 0.6) is 0 Å². The number of halogens is 1. The van der Waals surface area contributed by atoms with Gasteiger partial charge >= 0.3 is 0 Å². The summed E-state index contributed by atoms with van der Waals surface area (Å²) in [6.45, 7) is 7.73. The first-order chi connectivity index (χ1) is 18.5. The van der Waals surface area contributed by atoms with E-state index in [1.165, 1.54) is 11.8 Å². The Labute approximate surface area is 233 Å². The predicted molar refractivity (Wildman–Crippen MR) is 154 cm³/mol. The summed E-state index contributed by atoms with van der Waals surface area (Å²) in [5.41, 5.74) is 2.84. The largest absolute Gasteiger partial charge is 0.391 e. The van der Waals surface area contributed by atoms with Crippen LogP contribution in [0.15, 0.2) is 42.9 Å². The molecule has 0 aliphatic carbocycles. The smallest absolute Gasteiger partial charge is 0.166 e. The quantitative estimate of drug-likeness (QED) is 0.304. The third-order valence-electron chi connectivity index (χ3n) is 6.69. The van der Waals surface area contributed by atoms with Crippen molar-refractivity contribution in [3.8, 4) is 11.4 Å². The van der Waals surface area contributed by atoms with Crippen molar-refractivity contribution in [2.24, 2.45) is 5.92 Å². The highest BCUT2D eigenvalue weighted by Crippen LogP contribution is 2.37. The summed E-state index contributed by atoms with van der Waals surface area (Å²) in [6, 6.07) is 8.04. The second kappa shape index (κ2) is 10.7. The molecule has 4 heterocycles. The van der Waals surface area contributed by atoms with Crippen molar-refractivity contribution in [3.63, 3.8) is 0 Å². The van der Waals surface area contributed by atoms with Gasteiger partial charge in [0.1, 0.15) is 21.5 Å². The lowest BCUT2D eigenvalue weighted by Crippen LogP contribution is -2.49. The van der Waals surface area contributed by atoms with Gasteiger partial charge in [-0.1, -0.05) is 31.5 Å². The molecule has 0 spiro atoms. The van der Waals surface area contributed by atoms with Crippen LogP contribution < -0.4 is 10.2 Å².